The van der Waals surface area contributed by atoms with Gasteiger partial charge in [0.25, 0.3) is 0 Å². The number of rotatable bonds is 5. The van der Waals surface area contributed by atoms with E-state index < -0.39 is 5.82 Å². The van der Waals surface area contributed by atoms with Crippen molar-refractivity contribution in [2.45, 2.75) is 33.8 Å². The molecule has 23 heavy (non-hydrogen) atoms. The van der Waals surface area contributed by atoms with Gasteiger partial charge in [0.15, 0.2) is 11.6 Å². The summed E-state index contributed by atoms with van der Waals surface area (Å²) in [5, 5.41) is 0. The zero-order chi connectivity index (χ0) is 17.0. The van der Waals surface area contributed by atoms with Gasteiger partial charge in [-0.1, -0.05) is 28.9 Å². The van der Waals surface area contributed by atoms with E-state index in [0.29, 0.717) is 11.3 Å². The van der Waals surface area contributed by atoms with Crippen molar-refractivity contribution >= 4 is 21.9 Å². The highest BCUT2D eigenvalue weighted by Gasteiger charge is 2.13. The summed E-state index contributed by atoms with van der Waals surface area (Å²) in [5.74, 6) is -0.152. The molecule has 0 aliphatic carbocycles. The van der Waals surface area contributed by atoms with Crippen LogP contribution in [0.1, 0.15) is 30.0 Å². The molecule has 5 heteroatoms. The Hall–Kier alpha value is -1.88. The predicted octanol–water partition coefficient (Wildman–Crippen LogP) is 5.10. The van der Waals surface area contributed by atoms with Crippen LogP contribution in [0.25, 0.3) is 0 Å². The number of aryl methyl sites for hydroxylation is 2. The Morgan fingerprint density at radius 3 is 2.57 bits per heavy atom. The molecule has 0 saturated carbocycles. The second kappa shape index (κ2) is 7.59. The first-order chi connectivity index (χ1) is 10.9. The van der Waals surface area contributed by atoms with Crippen LogP contribution in [-0.4, -0.2) is 5.97 Å². The zero-order valence-corrected chi connectivity index (χ0v) is 14.9. The molecule has 0 N–H and O–H groups in total. The van der Waals surface area contributed by atoms with Crippen molar-refractivity contribution in [1.82, 2.24) is 0 Å². The molecule has 0 unspecified atom stereocenters. The molecule has 122 valence electrons. The second-order valence-corrected chi connectivity index (χ2v) is 6.05. The fourth-order valence-electron chi connectivity index (χ4n) is 1.98. The van der Waals surface area contributed by atoms with Crippen molar-refractivity contribution in [1.29, 1.82) is 0 Å². The number of ether oxygens (including phenoxy) is 2. The largest absolute Gasteiger partial charge is 0.486 e. The number of hydrogen-bond donors (Lipinski definition) is 0. The molecule has 0 aliphatic rings. The first-order valence-corrected chi connectivity index (χ1v) is 8.09. The Morgan fingerprint density at radius 2 is 1.87 bits per heavy atom. The van der Waals surface area contributed by atoms with E-state index in [2.05, 4.69) is 15.9 Å². The summed E-state index contributed by atoms with van der Waals surface area (Å²) in [6.07, 6.45) is 0.276. The van der Waals surface area contributed by atoms with Crippen LogP contribution in [0.15, 0.2) is 34.8 Å². The van der Waals surface area contributed by atoms with E-state index in [0.717, 1.165) is 15.6 Å². The molecule has 0 saturated heterocycles. The van der Waals surface area contributed by atoms with Crippen LogP contribution >= 0.6 is 15.9 Å². The van der Waals surface area contributed by atoms with E-state index in [1.165, 1.54) is 6.07 Å². The maximum Gasteiger partial charge on any atom is 0.310 e. The van der Waals surface area contributed by atoms with Crippen molar-refractivity contribution in [3.63, 3.8) is 0 Å². The molecular formula is C18H18BrFO3. The van der Waals surface area contributed by atoms with Crippen LogP contribution in [0.5, 0.6) is 11.5 Å². The molecule has 0 aliphatic heterocycles. The van der Waals surface area contributed by atoms with Gasteiger partial charge in [0.05, 0.1) is 0 Å². The van der Waals surface area contributed by atoms with Crippen LogP contribution in [0.3, 0.4) is 0 Å². The number of hydrogen-bond acceptors (Lipinski definition) is 3. The minimum absolute atomic E-state index is 0.0904. The second-order valence-electron chi connectivity index (χ2n) is 5.20. The van der Waals surface area contributed by atoms with Crippen LogP contribution in [-0.2, 0) is 11.4 Å². The Morgan fingerprint density at radius 1 is 1.17 bits per heavy atom. The molecule has 2 rings (SSSR count). The lowest BCUT2D eigenvalue weighted by Crippen LogP contribution is -2.09. The standard InChI is InChI=1S/C18H18BrFO3/c1-4-18(21)23-16-7-5-6-14(19)13(16)10-22-17-9-12(3)11(2)8-15(17)20/h5-9H,4,10H2,1-3H3. The first kappa shape index (κ1) is 17.5. The smallest absolute Gasteiger partial charge is 0.310 e. The lowest BCUT2D eigenvalue weighted by atomic mass is 10.1. The molecule has 0 aromatic heterocycles. The number of esters is 1. The van der Waals surface area contributed by atoms with Crippen LogP contribution in [0.2, 0.25) is 0 Å². The molecule has 0 fully saturated rings. The van der Waals surface area contributed by atoms with Crippen LogP contribution in [0.4, 0.5) is 4.39 Å². The summed E-state index contributed by atoms with van der Waals surface area (Å²) in [6, 6.07) is 8.39. The van der Waals surface area contributed by atoms with Crippen LogP contribution in [0, 0.1) is 19.7 Å². The Kier molecular flexibility index (Phi) is 5.77. The number of benzene rings is 2. The lowest BCUT2D eigenvalue weighted by Gasteiger charge is -2.14. The third-order valence-corrected chi connectivity index (χ3v) is 4.25. The quantitative estimate of drug-likeness (QED) is 0.534. The number of carbonyl (C=O) groups excluding carboxylic acids is 1. The molecular weight excluding hydrogens is 363 g/mol. The molecule has 3 nitrogen and oxygen atoms in total. The molecule has 0 radical (unpaired) electrons. The van der Waals surface area contributed by atoms with Crippen molar-refractivity contribution in [3.8, 4) is 11.5 Å². The third-order valence-electron chi connectivity index (χ3n) is 3.51. The van der Waals surface area contributed by atoms with E-state index in [1.54, 1.807) is 25.1 Å². The van der Waals surface area contributed by atoms with E-state index >= 15 is 0 Å². The molecule has 0 spiro atoms. The predicted molar refractivity (Wildman–Crippen MR) is 90.3 cm³/mol. The van der Waals surface area contributed by atoms with Crippen molar-refractivity contribution in [3.05, 3.63) is 57.3 Å². The minimum Gasteiger partial charge on any atom is -0.486 e. The number of carbonyl (C=O) groups is 1. The monoisotopic (exact) mass is 380 g/mol. The highest BCUT2D eigenvalue weighted by atomic mass is 79.9. The maximum atomic E-state index is 14.0. The average molecular weight is 381 g/mol. The Balaban J connectivity index is 2.23. The van der Waals surface area contributed by atoms with Gasteiger partial charge in [0, 0.05) is 16.5 Å². The van der Waals surface area contributed by atoms with Gasteiger partial charge in [-0.05, 0) is 49.2 Å². The molecule has 0 amide bonds. The normalized spacial score (nSPS) is 10.5. The summed E-state index contributed by atoms with van der Waals surface area (Å²) >= 11 is 3.41. The van der Waals surface area contributed by atoms with E-state index in [9.17, 15) is 9.18 Å². The lowest BCUT2D eigenvalue weighted by molar-refractivity contribution is -0.134. The van der Waals surface area contributed by atoms with Gasteiger partial charge in [0.2, 0.25) is 0 Å². The van der Waals surface area contributed by atoms with E-state index in [-0.39, 0.29) is 24.7 Å². The third kappa shape index (κ3) is 4.32. The van der Waals surface area contributed by atoms with Gasteiger partial charge in [0.1, 0.15) is 12.4 Å². The topological polar surface area (TPSA) is 35.5 Å². The van der Waals surface area contributed by atoms with Gasteiger partial charge in [-0.25, -0.2) is 4.39 Å². The Bertz CT molecular complexity index is 728. The SMILES string of the molecule is CCC(=O)Oc1cccc(Br)c1COc1cc(C)c(C)cc1F. The molecule has 0 heterocycles. The molecule has 0 bridgehead atoms. The van der Waals surface area contributed by atoms with Crippen molar-refractivity contribution < 1.29 is 18.7 Å². The zero-order valence-electron chi connectivity index (χ0n) is 13.3. The fourth-order valence-corrected chi connectivity index (χ4v) is 2.45. The molecule has 2 aromatic rings. The van der Waals surface area contributed by atoms with Gasteiger partial charge >= 0.3 is 5.97 Å². The highest BCUT2D eigenvalue weighted by Crippen LogP contribution is 2.30. The summed E-state index contributed by atoms with van der Waals surface area (Å²) < 4.78 is 25.6. The van der Waals surface area contributed by atoms with E-state index in [4.69, 9.17) is 9.47 Å². The average Bonchev–Trinajstić information content (AvgIpc) is 2.51. The van der Waals surface area contributed by atoms with Gasteiger partial charge < -0.3 is 9.47 Å². The van der Waals surface area contributed by atoms with Gasteiger partial charge in [-0.15, -0.1) is 0 Å². The van der Waals surface area contributed by atoms with Crippen LogP contribution < -0.4 is 9.47 Å². The van der Waals surface area contributed by atoms with Gasteiger partial charge in [-0.3, -0.25) is 4.79 Å². The van der Waals surface area contributed by atoms with Crippen molar-refractivity contribution in [2.24, 2.45) is 0 Å². The molecule has 0 atom stereocenters. The van der Waals surface area contributed by atoms with E-state index in [1.807, 2.05) is 19.9 Å². The molecule has 2 aromatic carbocycles. The summed E-state index contributed by atoms with van der Waals surface area (Å²) in [4.78, 5) is 11.5. The first-order valence-electron chi connectivity index (χ1n) is 7.30. The Labute approximate surface area is 143 Å². The summed E-state index contributed by atoms with van der Waals surface area (Å²) in [6.45, 7) is 5.56. The summed E-state index contributed by atoms with van der Waals surface area (Å²) in [7, 11) is 0. The highest BCUT2D eigenvalue weighted by molar-refractivity contribution is 9.10. The van der Waals surface area contributed by atoms with Crippen molar-refractivity contribution in [2.75, 3.05) is 0 Å². The minimum atomic E-state index is -0.410. The fraction of sp³-hybridized carbons (Fsp3) is 0.278. The number of halogens is 2. The summed E-state index contributed by atoms with van der Waals surface area (Å²) in [5.41, 5.74) is 2.48. The maximum absolute atomic E-state index is 14.0. The van der Waals surface area contributed by atoms with Gasteiger partial charge in [-0.2, -0.15) is 0 Å².